The molecule has 2 saturated carbocycles. The molecule has 2 aliphatic carbocycles. The standard InChI is InChI=1S/C26H27B3FN5O2/c1-24-6-7-25(2,14-24)12-17(11-24)35(3)21-5-4-19(32-33-21)23-18(30)8-15(9-20(23)36)16-10-22(34-31-13-16)37-26(27,28)29/h4-5,8-10,13,17,36H,6-7,11-12,14H2,1-3H3/t17?,24-,25+. The molecule has 2 bridgehead atoms. The monoisotopic (exact) mass is 493 g/mol. The van der Waals surface area contributed by atoms with Crippen molar-refractivity contribution in [2.24, 2.45) is 10.8 Å². The summed E-state index contributed by atoms with van der Waals surface area (Å²) in [5.41, 5.74) is 1.70. The lowest BCUT2D eigenvalue weighted by Crippen LogP contribution is -2.42. The molecule has 0 saturated heterocycles. The van der Waals surface area contributed by atoms with E-state index in [9.17, 15) is 5.11 Å². The third-order valence-corrected chi connectivity index (χ3v) is 7.77. The summed E-state index contributed by atoms with van der Waals surface area (Å²) in [6.45, 7) is 4.78. The average molecular weight is 493 g/mol. The molecular weight excluding hydrogens is 466 g/mol. The van der Waals surface area contributed by atoms with Crippen LogP contribution in [-0.4, -0.2) is 67.4 Å². The molecule has 184 valence electrons. The zero-order valence-corrected chi connectivity index (χ0v) is 21.3. The van der Waals surface area contributed by atoms with Crippen molar-refractivity contribution in [3.05, 3.63) is 42.3 Å². The first-order valence-electron chi connectivity index (χ1n) is 12.3. The number of aromatic hydroxyl groups is 1. The highest BCUT2D eigenvalue weighted by Gasteiger charge is 2.50. The van der Waals surface area contributed by atoms with Gasteiger partial charge in [0.1, 0.15) is 35.1 Å². The van der Waals surface area contributed by atoms with Crippen molar-refractivity contribution in [1.82, 2.24) is 20.4 Å². The van der Waals surface area contributed by atoms with Crippen LogP contribution in [0.15, 0.2) is 36.5 Å². The van der Waals surface area contributed by atoms with Gasteiger partial charge in [-0.25, -0.2) is 4.39 Å². The average Bonchev–Trinajstić information content (AvgIpc) is 3.04. The number of hydrogen-bond donors (Lipinski definition) is 1. The fourth-order valence-corrected chi connectivity index (χ4v) is 6.22. The molecule has 2 heterocycles. The minimum atomic E-state index is -1.95. The molecule has 2 aliphatic rings. The van der Waals surface area contributed by atoms with Crippen molar-refractivity contribution < 1.29 is 14.2 Å². The zero-order chi connectivity index (χ0) is 26.6. The Hall–Kier alpha value is -3.10. The Morgan fingerprint density at radius 2 is 1.73 bits per heavy atom. The molecule has 2 aromatic heterocycles. The molecule has 1 N–H and O–H groups in total. The molecule has 2 fully saturated rings. The van der Waals surface area contributed by atoms with Crippen LogP contribution in [0.5, 0.6) is 11.6 Å². The highest BCUT2D eigenvalue weighted by molar-refractivity contribution is 6.58. The molecule has 7 nitrogen and oxygen atoms in total. The smallest absolute Gasteiger partial charge is 0.232 e. The number of rotatable bonds is 6. The van der Waals surface area contributed by atoms with Gasteiger partial charge in [-0.3, -0.25) is 0 Å². The van der Waals surface area contributed by atoms with Gasteiger partial charge in [-0.05, 0) is 78.1 Å². The molecule has 3 atom stereocenters. The number of halogens is 1. The fraction of sp³-hybridized carbons (Fsp3) is 0.462. The Kier molecular flexibility index (Phi) is 6.24. The predicted molar refractivity (Wildman–Crippen MR) is 142 cm³/mol. The first kappa shape index (κ1) is 25.6. The third-order valence-electron chi connectivity index (χ3n) is 7.77. The molecule has 5 rings (SSSR count). The molecule has 0 aliphatic heterocycles. The normalized spacial score (nSPS) is 25.1. The van der Waals surface area contributed by atoms with Crippen LogP contribution in [-0.2, 0) is 0 Å². The van der Waals surface area contributed by atoms with E-state index in [1.165, 1.54) is 43.7 Å². The number of phenols is 1. The Bertz CT molecular complexity index is 1280. The van der Waals surface area contributed by atoms with E-state index in [1.807, 2.05) is 13.1 Å². The van der Waals surface area contributed by atoms with E-state index in [0.29, 0.717) is 28.0 Å². The number of ether oxygens (including phenoxy) is 1. The van der Waals surface area contributed by atoms with Crippen molar-refractivity contribution >= 4 is 29.4 Å². The molecule has 1 aromatic carbocycles. The van der Waals surface area contributed by atoms with Crippen molar-refractivity contribution in [2.75, 3.05) is 11.9 Å². The zero-order valence-electron chi connectivity index (χ0n) is 21.3. The third kappa shape index (κ3) is 5.31. The first-order chi connectivity index (χ1) is 17.3. The summed E-state index contributed by atoms with van der Waals surface area (Å²) >= 11 is 0. The van der Waals surface area contributed by atoms with Crippen molar-refractivity contribution in [3.63, 3.8) is 0 Å². The Balaban J connectivity index is 1.37. The van der Waals surface area contributed by atoms with E-state index in [0.717, 1.165) is 18.7 Å². The van der Waals surface area contributed by atoms with Gasteiger partial charge < -0.3 is 14.7 Å². The van der Waals surface area contributed by atoms with E-state index in [1.54, 1.807) is 6.07 Å². The second kappa shape index (κ2) is 9.03. The van der Waals surface area contributed by atoms with E-state index in [2.05, 4.69) is 39.1 Å². The van der Waals surface area contributed by atoms with Crippen LogP contribution in [0.2, 0.25) is 0 Å². The molecule has 0 amide bonds. The Morgan fingerprint density at radius 3 is 2.32 bits per heavy atom. The van der Waals surface area contributed by atoms with Crippen LogP contribution in [0.3, 0.4) is 0 Å². The van der Waals surface area contributed by atoms with E-state index < -0.39 is 11.1 Å². The lowest BCUT2D eigenvalue weighted by Gasteiger charge is -2.44. The lowest BCUT2D eigenvalue weighted by molar-refractivity contribution is 0.148. The molecular formula is C26H27B3FN5O2. The second-order valence-corrected chi connectivity index (χ2v) is 11.3. The molecule has 6 radical (unpaired) electrons. The van der Waals surface area contributed by atoms with Crippen LogP contribution in [0.4, 0.5) is 10.2 Å². The van der Waals surface area contributed by atoms with Gasteiger partial charge in [-0.2, -0.15) is 5.10 Å². The van der Waals surface area contributed by atoms with Crippen LogP contribution in [0, 0.1) is 16.6 Å². The minimum absolute atomic E-state index is 0.0374. The van der Waals surface area contributed by atoms with Gasteiger partial charge in [-0.1, -0.05) is 13.8 Å². The van der Waals surface area contributed by atoms with E-state index in [4.69, 9.17) is 28.3 Å². The SMILES string of the molecule is [B]C([B])([B])Oc1cc(-c2cc(O)c(-c3ccc(N(C)C4C[C@]5(C)CC[C@](C)(C4)C5)nn3)c(F)c2)cnn1. The van der Waals surface area contributed by atoms with Crippen LogP contribution in [0.1, 0.15) is 46.0 Å². The van der Waals surface area contributed by atoms with Crippen LogP contribution >= 0.6 is 0 Å². The van der Waals surface area contributed by atoms with Crippen molar-refractivity contribution in [3.8, 4) is 34.0 Å². The first-order valence-corrected chi connectivity index (χ1v) is 12.3. The van der Waals surface area contributed by atoms with Gasteiger partial charge >= 0.3 is 0 Å². The summed E-state index contributed by atoms with van der Waals surface area (Å²) in [4.78, 5) is 2.19. The Morgan fingerprint density at radius 1 is 1.03 bits per heavy atom. The number of benzene rings is 1. The Labute approximate surface area is 220 Å². The summed E-state index contributed by atoms with van der Waals surface area (Å²) in [5.74, 6) is -0.279. The van der Waals surface area contributed by atoms with Crippen molar-refractivity contribution in [2.45, 2.75) is 57.3 Å². The summed E-state index contributed by atoms with van der Waals surface area (Å²) in [6.07, 6.45) is 7.45. The molecule has 11 heteroatoms. The minimum Gasteiger partial charge on any atom is -0.507 e. The number of hydrogen-bond acceptors (Lipinski definition) is 7. The summed E-state index contributed by atoms with van der Waals surface area (Å²) in [5, 5.41) is 24.9. The molecule has 3 aromatic rings. The fourth-order valence-electron chi connectivity index (χ4n) is 6.22. The van der Waals surface area contributed by atoms with Gasteiger partial charge in [0.2, 0.25) is 5.88 Å². The van der Waals surface area contributed by atoms with Gasteiger partial charge in [0.25, 0.3) is 0 Å². The summed E-state index contributed by atoms with van der Waals surface area (Å²) < 4.78 is 20.3. The molecule has 1 unspecified atom stereocenters. The number of phenolic OH excluding ortho intramolecular Hbond substituents is 1. The maximum absolute atomic E-state index is 15.2. The maximum atomic E-state index is 15.2. The summed E-state index contributed by atoms with van der Waals surface area (Å²) in [7, 11) is 18.4. The quantitative estimate of drug-likeness (QED) is 0.525. The molecule has 0 spiro atoms. The van der Waals surface area contributed by atoms with Gasteiger partial charge in [0.05, 0.1) is 17.5 Å². The highest BCUT2D eigenvalue weighted by atomic mass is 19.1. The lowest BCUT2D eigenvalue weighted by atomic mass is 9.52. The van der Waals surface area contributed by atoms with E-state index >= 15 is 4.39 Å². The van der Waals surface area contributed by atoms with Gasteiger partial charge in [-0.15, -0.1) is 15.3 Å². The highest BCUT2D eigenvalue weighted by Crippen LogP contribution is 2.58. The van der Waals surface area contributed by atoms with E-state index in [-0.39, 0.29) is 22.9 Å². The topological polar surface area (TPSA) is 84.3 Å². The largest absolute Gasteiger partial charge is 0.507 e. The van der Waals surface area contributed by atoms with Crippen molar-refractivity contribution in [1.29, 1.82) is 0 Å². The number of anilines is 1. The number of nitrogens with zero attached hydrogens (tertiary/aromatic N) is 5. The second-order valence-electron chi connectivity index (χ2n) is 11.3. The predicted octanol–water partition coefficient (Wildman–Crippen LogP) is 3.74. The van der Waals surface area contributed by atoms with Gasteiger partial charge in [0, 0.05) is 24.7 Å². The number of fused-ring (bicyclic) bond motifs is 2. The number of aromatic nitrogens is 4. The van der Waals surface area contributed by atoms with Gasteiger partial charge in [0.15, 0.2) is 5.82 Å². The molecule has 37 heavy (non-hydrogen) atoms. The maximum Gasteiger partial charge on any atom is 0.232 e. The summed E-state index contributed by atoms with van der Waals surface area (Å²) in [6, 6.07) is 7.98. The van der Waals surface area contributed by atoms with Crippen LogP contribution < -0.4 is 9.64 Å². The van der Waals surface area contributed by atoms with Crippen LogP contribution in [0.25, 0.3) is 22.4 Å².